The Bertz CT molecular complexity index is 1090. The van der Waals surface area contributed by atoms with Crippen LogP contribution in [-0.4, -0.2) is 17.6 Å². The van der Waals surface area contributed by atoms with Crippen LogP contribution in [0.15, 0.2) is 54.6 Å². The number of benzene rings is 2. The van der Waals surface area contributed by atoms with E-state index in [2.05, 4.69) is 22.9 Å². The van der Waals surface area contributed by atoms with E-state index in [9.17, 15) is 4.79 Å². The van der Waals surface area contributed by atoms with Gasteiger partial charge in [-0.3, -0.25) is 0 Å². The fourth-order valence-corrected chi connectivity index (χ4v) is 3.81. The summed E-state index contributed by atoms with van der Waals surface area (Å²) in [6, 6.07) is 19.6. The van der Waals surface area contributed by atoms with Crippen molar-refractivity contribution in [2.24, 2.45) is 0 Å². The Morgan fingerprint density at radius 1 is 1.19 bits per heavy atom. The normalized spacial score (nSPS) is 17.3. The Morgan fingerprint density at radius 2 is 1.89 bits per heavy atom. The second-order valence-electron chi connectivity index (χ2n) is 6.81. The zero-order valence-electron chi connectivity index (χ0n) is 15.4. The highest BCUT2D eigenvalue weighted by molar-refractivity contribution is 5.92. The second kappa shape index (κ2) is 6.03. The third-order valence-electron chi connectivity index (χ3n) is 5.29. The number of hydrogen-bond acceptors (Lipinski definition) is 4. The first kappa shape index (κ1) is 16.9. The quantitative estimate of drug-likeness (QED) is 0.700. The molecule has 0 spiro atoms. The van der Waals surface area contributed by atoms with Crippen molar-refractivity contribution in [3.63, 3.8) is 0 Å². The molecule has 5 nitrogen and oxygen atoms in total. The number of hydrogen-bond donors (Lipinski definition) is 1. The average Bonchev–Trinajstić information content (AvgIpc) is 3.06. The Balaban J connectivity index is 1.99. The van der Waals surface area contributed by atoms with E-state index < -0.39 is 5.54 Å². The Morgan fingerprint density at radius 3 is 2.56 bits per heavy atom. The average molecular weight is 357 g/mol. The highest BCUT2D eigenvalue weighted by Gasteiger charge is 2.39. The molecule has 3 aromatic rings. The van der Waals surface area contributed by atoms with Gasteiger partial charge in [0.05, 0.1) is 41.4 Å². The van der Waals surface area contributed by atoms with E-state index in [1.54, 1.807) is 0 Å². The molecular weight excluding hydrogens is 338 g/mol. The van der Waals surface area contributed by atoms with Crippen LogP contribution >= 0.6 is 0 Å². The molecule has 0 aliphatic carbocycles. The third kappa shape index (κ3) is 2.42. The van der Waals surface area contributed by atoms with Crippen molar-refractivity contribution >= 4 is 11.7 Å². The summed E-state index contributed by atoms with van der Waals surface area (Å²) >= 11 is 0. The minimum absolute atomic E-state index is 0.353. The zero-order chi connectivity index (χ0) is 19.2. The van der Waals surface area contributed by atoms with Gasteiger partial charge in [0.25, 0.3) is 0 Å². The van der Waals surface area contributed by atoms with Crippen LogP contribution in [0, 0.1) is 18.3 Å². The molecule has 1 N–H and O–H groups in total. The summed E-state index contributed by atoms with van der Waals surface area (Å²) in [6.45, 7) is 4.01. The largest absolute Gasteiger partial charge is 0.465 e. The maximum absolute atomic E-state index is 12.3. The number of anilines is 1. The van der Waals surface area contributed by atoms with Crippen molar-refractivity contribution in [2.45, 2.75) is 19.4 Å². The number of nitrogens with zero attached hydrogens (tertiary/aromatic N) is 2. The van der Waals surface area contributed by atoms with Crippen molar-refractivity contribution in [1.29, 1.82) is 5.26 Å². The number of carbonyl (C=O) groups is 1. The Kier molecular flexibility index (Phi) is 3.78. The molecule has 0 amide bonds. The predicted octanol–water partition coefficient (Wildman–Crippen LogP) is 4.13. The number of methoxy groups -OCH3 is 1. The van der Waals surface area contributed by atoms with Gasteiger partial charge < -0.3 is 14.6 Å². The smallest absolute Gasteiger partial charge is 0.339 e. The maximum atomic E-state index is 12.3. The molecule has 1 unspecified atom stereocenters. The molecule has 134 valence electrons. The molecule has 27 heavy (non-hydrogen) atoms. The van der Waals surface area contributed by atoms with Crippen LogP contribution in [0.2, 0.25) is 0 Å². The lowest BCUT2D eigenvalue weighted by Crippen LogP contribution is -2.39. The molecule has 0 saturated heterocycles. The van der Waals surface area contributed by atoms with Gasteiger partial charge in [-0.15, -0.1) is 0 Å². The molecule has 1 aliphatic heterocycles. The van der Waals surface area contributed by atoms with Crippen LogP contribution in [-0.2, 0) is 10.3 Å². The lowest BCUT2D eigenvalue weighted by atomic mass is 9.85. The molecule has 1 aromatic heterocycles. The van der Waals surface area contributed by atoms with Crippen LogP contribution in [0.4, 0.5) is 5.69 Å². The van der Waals surface area contributed by atoms with Gasteiger partial charge in [-0.05, 0) is 49.7 Å². The van der Waals surface area contributed by atoms with Gasteiger partial charge in [-0.1, -0.05) is 24.3 Å². The number of fused-ring (bicyclic) bond motifs is 3. The van der Waals surface area contributed by atoms with E-state index >= 15 is 0 Å². The maximum Gasteiger partial charge on any atom is 0.339 e. The zero-order valence-corrected chi connectivity index (χ0v) is 15.4. The number of carbonyl (C=O) groups excluding carboxylic acids is 1. The number of nitrogens with one attached hydrogen (secondary N) is 1. The molecule has 5 heteroatoms. The fraction of sp³-hybridized carbons (Fsp3) is 0.182. The molecule has 0 saturated carbocycles. The third-order valence-corrected chi connectivity index (χ3v) is 5.29. The van der Waals surface area contributed by atoms with Gasteiger partial charge in [0.1, 0.15) is 5.54 Å². The summed E-state index contributed by atoms with van der Waals surface area (Å²) in [7, 11) is 1.39. The Hall–Kier alpha value is -3.52. The van der Waals surface area contributed by atoms with E-state index in [0.29, 0.717) is 11.1 Å². The number of ether oxygens (including phenoxy) is 1. The summed E-state index contributed by atoms with van der Waals surface area (Å²) in [5.74, 6) is -0.353. The summed E-state index contributed by atoms with van der Waals surface area (Å²) < 4.78 is 7.09. The molecule has 1 aliphatic rings. The van der Waals surface area contributed by atoms with E-state index in [0.717, 1.165) is 28.3 Å². The van der Waals surface area contributed by atoms with Gasteiger partial charge in [0.15, 0.2) is 0 Å². The molecular formula is C22H19N3O2. The van der Waals surface area contributed by atoms with Gasteiger partial charge in [-0.25, -0.2) is 4.79 Å². The topological polar surface area (TPSA) is 67.0 Å². The molecule has 1 atom stereocenters. The van der Waals surface area contributed by atoms with Crippen LogP contribution in [0.3, 0.4) is 0 Å². The van der Waals surface area contributed by atoms with E-state index in [1.807, 2.05) is 61.5 Å². The van der Waals surface area contributed by atoms with Gasteiger partial charge in [0, 0.05) is 5.69 Å². The molecule has 2 aromatic carbocycles. The molecule has 2 heterocycles. The van der Waals surface area contributed by atoms with Crippen LogP contribution < -0.4 is 5.32 Å². The van der Waals surface area contributed by atoms with E-state index in [-0.39, 0.29) is 5.97 Å². The van der Waals surface area contributed by atoms with Crippen molar-refractivity contribution in [1.82, 2.24) is 4.57 Å². The first-order valence-corrected chi connectivity index (χ1v) is 8.69. The number of para-hydroxylation sites is 2. The monoisotopic (exact) mass is 357 g/mol. The second-order valence-corrected chi connectivity index (χ2v) is 6.81. The van der Waals surface area contributed by atoms with Gasteiger partial charge >= 0.3 is 5.97 Å². The molecule has 0 fully saturated rings. The lowest BCUT2D eigenvalue weighted by Gasteiger charge is -2.39. The SMILES string of the molecule is COC(=O)c1cc2n(c1C)-c1ccccc1NC2(C)c1ccc(C#N)cc1. The van der Waals surface area contributed by atoms with Crippen molar-refractivity contribution < 1.29 is 9.53 Å². The summed E-state index contributed by atoms with van der Waals surface area (Å²) in [5, 5.41) is 12.7. The van der Waals surface area contributed by atoms with Crippen molar-refractivity contribution in [3.8, 4) is 11.8 Å². The van der Waals surface area contributed by atoms with E-state index in [4.69, 9.17) is 10.00 Å². The highest BCUT2D eigenvalue weighted by Crippen LogP contribution is 2.43. The summed E-state index contributed by atoms with van der Waals surface area (Å²) in [6.07, 6.45) is 0. The fourth-order valence-electron chi connectivity index (χ4n) is 3.81. The Labute approximate surface area is 157 Å². The van der Waals surface area contributed by atoms with Crippen molar-refractivity contribution in [2.75, 3.05) is 12.4 Å². The number of nitriles is 1. The predicted molar refractivity (Wildman–Crippen MR) is 103 cm³/mol. The summed E-state index contributed by atoms with van der Waals surface area (Å²) in [4.78, 5) is 12.3. The minimum atomic E-state index is -0.570. The van der Waals surface area contributed by atoms with Gasteiger partial charge in [0.2, 0.25) is 0 Å². The minimum Gasteiger partial charge on any atom is -0.465 e. The number of aromatic nitrogens is 1. The lowest BCUT2D eigenvalue weighted by molar-refractivity contribution is 0.0600. The molecule has 0 radical (unpaired) electrons. The van der Waals surface area contributed by atoms with Gasteiger partial charge in [-0.2, -0.15) is 5.26 Å². The van der Waals surface area contributed by atoms with E-state index in [1.165, 1.54) is 7.11 Å². The number of rotatable bonds is 2. The summed E-state index contributed by atoms with van der Waals surface area (Å²) in [5.41, 5.74) is 5.35. The van der Waals surface area contributed by atoms with Crippen LogP contribution in [0.5, 0.6) is 0 Å². The first-order chi connectivity index (χ1) is 13.0. The van der Waals surface area contributed by atoms with Crippen molar-refractivity contribution in [3.05, 3.63) is 82.7 Å². The standard InChI is InChI=1S/C22H19N3O2/c1-14-17(21(26)27-3)12-20-22(2,16-10-8-15(13-23)9-11-16)24-18-6-4-5-7-19(18)25(14)20/h4-12,24H,1-3H3. The highest BCUT2D eigenvalue weighted by atomic mass is 16.5. The first-order valence-electron chi connectivity index (χ1n) is 8.69. The van der Waals surface area contributed by atoms with Crippen LogP contribution in [0.25, 0.3) is 5.69 Å². The van der Waals surface area contributed by atoms with Crippen LogP contribution in [0.1, 0.15) is 39.8 Å². The molecule has 0 bridgehead atoms. The molecule has 4 rings (SSSR count). The number of esters is 1.